The van der Waals surface area contributed by atoms with Gasteiger partial charge in [-0.1, -0.05) is 26.0 Å². The highest BCUT2D eigenvalue weighted by atomic mass is 19.1. The molecular weight excluding hydrogens is 263 g/mol. The lowest BCUT2D eigenvalue weighted by Crippen LogP contribution is -2.19. The number of aryl methyl sites for hydroxylation is 1. The number of benzene rings is 1. The van der Waals surface area contributed by atoms with Gasteiger partial charge in [-0.05, 0) is 54.8 Å². The van der Waals surface area contributed by atoms with Crippen molar-refractivity contribution < 1.29 is 4.39 Å². The van der Waals surface area contributed by atoms with Gasteiger partial charge in [0.25, 0.3) is 0 Å². The molecule has 2 rings (SSSR count). The molecule has 1 aromatic carbocycles. The second-order valence-electron chi connectivity index (χ2n) is 5.31. The number of hydrogen-bond donors (Lipinski definition) is 1. The van der Waals surface area contributed by atoms with Crippen LogP contribution in [0.4, 0.5) is 4.39 Å². The van der Waals surface area contributed by atoms with Crippen LogP contribution in [0.3, 0.4) is 0 Å². The minimum atomic E-state index is -0.192. The van der Waals surface area contributed by atoms with Crippen molar-refractivity contribution in [3.8, 4) is 0 Å². The second-order valence-corrected chi connectivity index (χ2v) is 5.31. The first-order valence-corrected chi connectivity index (χ1v) is 7.59. The van der Waals surface area contributed by atoms with E-state index in [1.807, 2.05) is 18.3 Å². The average Bonchev–Trinajstić information content (AvgIpc) is 2.48. The molecule has 112 valence electrons. The van der Waals surface area contributed by atoms with Gasteiger partial charge in [-0.15, -0.1) is 0 Å². The van der Waals surface area contributed by atoms with Gasteiger partial charge in [0.15, 0.2) is 0 Å². The maximum Gasteiger partial charge on any atom is 0.123 e. The Morgan fingerprint density at radius 3 is 2.62 bits per heavy atom. The molecule has 0 bridgehead atoms. The molecule has 0 saturated carbocycles. The molecule has 0 radical (unpaired) electrons. The van der Waals surface area contributed by atoms with Crippen molar-refractivity contribution in [1.82, 2.24) is 10.3 Å². The van der Waals surface area contributed by atoms with E-state index in [4.69, 9.17) is 0 Å². The first kappa shape index (κ1) is 15.6. The van der Waals surface area contributed by atoms with E-state index in [1.54, 1.807) is 6.07 Å². The van der Waals surface area contributed by atoms with Gasteiger partial charge in [0.05, 0.1) is 0 Å². The fraction of sp³-hybridized carbons (Fsp3) is 0.389. The van der Waals surface area contributed by atoms with Gasteiger partial charge in [-0.25, -0.2) is 4.39 Å². The maximum atomic E-state index is 13.6. The van der Waals surface area contributed by atoms with Crippen LogP contribution >= 0.6 is 0 Å². The minimum Gasteiger partial charge on any atom is -0.310 e. The van der Waals surface area contributed by atoms with E-state index in [0.717, 1.165) is 29.8 Å². The molecular formula is C18H23FN2. The van der Waals surface area contributed by atoms with Crippen LogP contribution in [0.5, 0.6) is 0 Å². The number of pyridine rings is 1. The van der Waals surface area contributed by atoms with Crippen molar-refractivity contribution in [2.24, 2.45) is 0 Å². The molecule has 1 unspecified atom stereocenters. The molecule has 1 aromatic heterocycles. The highest BCUT2D eigenvalue weighted by Gasteiger charge is 2.11. The topological polar surface area (TPSA) is 24.9 Å². The van der Waals surface area contributed by atoms with E-state index >= 15 is 0 Å². The predicted molar refractivity (Wildman–Crippen MR) is 84.9 cm³/mol. The van der Waals surface area contributed by atoms with Gasteiger partial charge in [0.2, 0.25) is 0 Å². The summed E-state index contributed by atoms with van der Waals surface area (Å²) in [6.45, 7) is 7.18. The summed E-state index contributed by atoms with van der Waals surface area (Å²) in [5.74, 6) is -0.192. The minimum absolute atomic E-state index is 0.192. The van der Waals surface area contributed by atoms with Gasteiger partial charge in [0.1, 0.15) is 5.82 Å². The lowest BCUT2D eigenvalue weighted by Gasteiger charge is -2.17. The summed E-state index contributed by atoms with van der Waals surface area (Å²) in [7, 11) is 0. The Morgan fingerprint density at radius 2 is 2.00 bits per heavy atom. The predicted octanol–water partition coefficient (Wildman–Crippen LogP) is 4.04. The van der Waals surface area contributed by atoms with E-state index in [0.29, 0.717) is 6.42 Å². The molecule has 1 heterocycles. The smallest absolute Gasteiger partial charge is 0.123 e. The Kier molecular flexibility index (Phi) is 5.45. The van der Waals surface area contributed by atoms with Crippen molar-refractivity contribution in [2.45, 2.75) is 39.7 Å². The third-order valence-electron chi connectivity index (χ3n) is 3.75. The van der Waals surface area contributed by atoms with Crippen LogP contribution < -0.4 is 5.32 Å². The van der Waals surface area contributed by atoms with Crippen molar-refractivity contribution in [2.75, 3.05) is 6.54 Å². The van der Waals surface area contributed by atoms with Crippen LogP contribution in [-0.2, 0) is 12.8 Å². The van der Waals surface area contributed by atoms with Crippen LogP contribution in [0.15, 0.2) is 36.5 Å². The third kappa shape index (κ3) is 4.11. The van der Waals surface area contributed by atoms with Gasteiger partial charge >= 0.3 is 0 Å². The SMILES string of the molecule is CCNC(C)c1ccc(F)cc1Cc1ccc(CC)cn1. The normalized spacial score (nSPS) is 12.4. The van der Waals surface area contributed by atoms with E-state index < -0.39 is 0 Å². The molecule has 0 spiro atoms. The zero-order valence-corrected chi connectivity index (χ0v) is 13.0. The first-order valence-electron chi connectivity index (χ1n) is 7.59. The fourth-order valence-electron chi connectivity index (χ4n) is 2.53. The number of nitrogens with one attached hydrogen (secondary N) is 1. The van der Waals surface area contributed by atoms with Gasteiger partial charge in [0, 0.05) is 24.4 Å². The summed E-state index contributed by atoms with van der Waals surface area (Å²) < 4.78 is 13.6. The van der Waals surface area contributed by atoms with E-state index in [-0.39, 0.29) is 11.9 Å². The van der Waals surface area contributed by atoms with Gasteiger partial charge in [-0.2, -0.15) is 0 Å². The van der Waals surface area contributed by atoms with Crippen molar-refractivity contribution in [3.05, 3.63) is 64.7 Å². The Balaban J connectivity index is 2.26. The molecule has 0 saturated heterocycles. The standard InChI is InChI=1S/C18H23FN2/c1-4-14-6-8-17(21-12-14)11-15-10-16(19)7-9-18(15)13(3)20-5-2/h6-10,12-13,20H,4-5,11H2,1-3H3. The summed E-state index contributed by atoms with van der Waals surface area (Å²) >= 11 is 0. The zero-order valence-electron chi connectivity index (χ0n) is 13.0. The quantitative estimate of drug-likeness (QED) is 0.866. The first-order chi connectivity index (χ1) is 10.1. The Labute approximate surface area is 126 Å². The average molecular weight is 286 g/mol. The lowest BCUT2D eigenvalue weighted by molar-refractivity contribution is 0.586. The maximum absolute atomic E-state index is 13.6. The highest BCUT2D eigenvalue weighted by molar-refractivity contribution is 5.34. The van der Waals surface area contributed by atoms with E-state index in [2.05, 4.69) is 37.1 Å². The van der Waals surface area contributed by atoms with Crippen LogP contribution in [-0.4, -0.2) is 11.5 Å². The summed E-state index contributed by atoms with van der Waals surface area (Å²) in [6, 6.07) is 9.36. The Morgan fingerprint density at radius 1 is 1.19 bits per heavy atom. The molecule has 3 heteroatoms. The number of nitrogens with zero attached hydrogens (tertiary/aromatic N) is 1. The molecule has 2 nitrogen and oxygen atoms in total. The summed E-state index contributed by atoms with van der Waals surface area (Å²) in [5, 5.41) is 3.38. The Bertz CT molecular complexity index is 578. The van der Waals surface area contributed by atoms with Crippen molar-refractivity contribution >= 4 is 0 Å². The van der Waals surface area contributed by atoms with Crippen LogP contribution in [0, 0.1) is 5.82 Å². The monoisotopic (exact) mass is 286 g/mol. The van der Waals surface area contributed by atoms with Crippen molar-refractivity contribution in [3.63, 3.8) is 0 Å². The van der Waals surface area contributed by atoms with Gasteiger partial charge in [-0.3, -0.25) is 4.98 Å². The molecule has 1 N–H and O–H groups in total. The lowest BCUT2D eigenvalue weighted by atomic mass is 9.97. The molecule has 0 aliphatic heterocycles. The fourth-order valence-corrected chi connectivity index (χ4v) is 2.53. The zero-order chi connectivity index (χ0) is 15.2. The van der Waals surface area contributed by atoms with Crippen LogP contribution in [0.1, 0.15) is 49.2 Å². The number of rotatable bonds is 6. The second kappa shape index (κ2) is 7.32. The molecule has 0 aliphatic rings. The van der Waals surface area contributed by atoms with Crippen LogP contribution in [0.2, 0.25) is 0 Å². The summed E-state index contributed by atoms with van der Waals surface area (Å²) in [6.07, 6.45) is 3.55. The van der Waals surface area contributed by atoms with E-state index in [1.165, 1.54) is 11.6 Å². The highest BCUT2D eigenvalue weighted by Crippen LogP contribution is 2.21. The largest absolute Gasteiger partial charge is 0.310 e. The summed E-state index contributed by atoms with van der Waals surface area (Å²) in [4.78, 5) is 4.48. The molecule has 21 heavy (non-hydrogen) atoms. The van der Waals surface area contributed by atoms with E-state index in [9.17, 15) is 4.39 Å². The number of hydrogen-bond acceptors (Lipinski definition) is 2. The van der Waals surface area contributed by atoms with Crippen molar-refractivity contribution in [1.29, 1.82) is 0 Å². The number of aromatic nitrogens is 1. The molecule has 0 fully saturated rings. The Hall–Kier alpha value is -1.74. The molecule has 0 aliphatic carbocycles. The molecule has 0 amide bonds. The molecule has 2 aromatic rings. The molecule has 1 atom stereocenters. The van der Waals surface area contributed by atoms with Gasteiger partial charge < -0.3 is 5.32 Å². The third-order valence-corrected chi connectivity index (χ3v) is 3.75. The van der Waals surface area contributed by atoms with Crippen LogP contribution in [0.25, 0.3) is 0 Å². The summed E-state index contributed by atoms with van der Waals surface area (Å²) in [5.41, 5.74) is 4.33. The number of halogens is 1.